The maximum absolute atomic E-state index is 5.54. The third kappa shape index (κ3) is 3.64. The third-order valence-electron chi connectivity index (χ3n) is 2.28. The maximum atomic E-state index is 5.54. The van der Waals surface area contributed by atoms with Crippen molar-refractivity contribution in [1.82, 2.24) is 0 Å². The first kappa shape index (κ1) is 11.7. The highest BCUT2D eigenvalue weighted by Crippen LogP contribution is 2.21. The van der Waals surface area contributed by atoms with Crippen molar-refractivity contribution in [3.8, 4) is 23.7 Å². The molecule has 0 aromatic heterocycles. The van der Waals surface area contributed by atoms with E-state index in [1.807, 2.05) is 44.2 Å². The highest BCUT2D eigenvalue weighted by atomic mass is 16.7. The predicted molar refractivity (Wildman–Crippen MR) is 66.0 cm³/mol. The van der Waals surface area contributed by atoms with E-state index in [4.69, 9.17) is 9.47 Å². The molecule has 2 heteroatoms. The molecule has 0 saturated carbocycles. The minimum atomic E-state index is -0.522. The minimum absolute atomic E-state index is 0.171. The van der Waals surface area contributed by atoms with Gasteiger partial charge in [0.15, 0.2) is 5.79 Å². The minimum Gasteiger partial charge on any atom is -0.347 e. The SMILES string of the molecule is CC1(C)OC[C@H](C#CC#Cc2ccccc2)O1. The molecular weight excluding hydrogens is 212 g/mol. The van der Waals surface area contributed by atoms with Gasteiger partial charge in [0.05, 0.1) is 6.61 Å². The second kappa shape index (κ2) is 5.06. The van der Waals surface area contributed by atoms with Crippen LogP contribution < -0.4 is 0 Å². The zero-order valence-electron chi connectivity index (χ0n) is 9.99. The van der Waals surface area contributed by atoms with Gasteiger partial charge in [0.25, 0.3) is 0 Å². The summed E-state index contributed by atoms with van der Waals surface area (Å²) in [5.41, 5.74) is 0.964. The zero-order chi connectivity index (χ0) is 12.1. The van der Waals surface area contributed by atoms with Gasteiger partial charge in [0.1, 0.15) is 6.10 Å². The Bertz CT molecular complexity index is 494. The van der Waals surface area contributed by atoms with Crippen molar-refractivity contribution in [2.45, 2.75) is 25.7 Å². The molecule has 1 fully saturated rings. The second-order valence-electron chi connectivity index (χ2n) is 4.20. The van der Waals surface area contributed by atoms with Crippen LogP contribution >= 0.6 is 0 Å². The molecule has 1 aromatic carbocycles. The summed E-state index contributed by atoms with van der Waals surface area (Å²) < 4.78 is 10.9. The van der Waals surface area contributed by atoms with Crippen LogP contribution in [0.15, 0.2) is 30.3 Å². The van der Waals surface area contributed by atoms with Gasteiger partial charge < -0.3 is 9.47 Å². The van der Waals surface area contributed by atoms with Gasteiger partial charge in [-0.15, -0.1) is 0 Å². The lowest BCUT2D eigenvalue weighted by Gasteiger charge is -2.14. The molecule has 86 valence electrons. The summed E-state index contributed by atoms with van der Waals surface area (Å²) in [4.78, 5) is 0. The van der Waals surface area contributed by atoms with Gasteiger partial charge in [-0.05, 0) is 37.8 Å². The van der Waals surface area contributed by atoms with E-state index in [-0.39, 0.29) is 6.10 Å². The molecule has 0 radical (unpaired) electrons. The monoisotopic (exact) mass is 226 g/mol. The summed E-state index contributed by atoms with van der Waals surface area (Å²) >= 11 is 0. The molecule has 2 nitrogen and oxygen atoms in total. The predicted octanol–water partition coefficient (Wildman–Crippen LogP) is 2.19. The average molecular weight is 226 g/mol. The summed E-state index contributed by atoms with van der Waals surface area (Å²) in [6, 6.07) is 9.77. The van der Waals surface area contributed by atoms with Crippen LogP contribution in [0.1, 0.15) is 19.4 Å². The largest absolute Gasteiger partial charge is 0.347 e. The molecule has 0 bridgehead atoms. The van der Waals surface area contributed by atoms with Crippen LogP contribution in [-0.4, -0.2) is 18.5 Å². The first-order chi connectivity index (χ1) is 8.16. The van der Waals surface area contributed by atoms with Crippen molar-refractivity contribution >= 4 is 0 Å². The second-order valence-corrected chi connectivity index (χ2v) is 4.20. The van der Waals surface area contributed by atoms with E-state index in [2.05, 4.69) is 23.7 Å². The Labute approximate surface area is 102 Å². The average Bonchev–Trinajstić information content (AvgIpc) is 2.66. The molecule has 0 N–H and O–H groups in total. The number of hydrogen-bond acceptors (Lipinski definition) is 2. The van der Waals surface area contributed by atoms with Gasteiger partial charge in [0, 0.05) is 5.56 Å². The fraction of sp³-hybridized carbons (Fsp3) is 0.333. The summed E-state index contributed by atoms with van der Waals surface area (Å²) in [7, 11) is 0. The van der Waals surface area contributed by atoms with E-state index in [0.717, 1.165) is 5.56 Å². The third-order valence-corrected chi connectivity index (χ3v) is 2.28. The number of benzene rings is 1. The Morgan fingerprint density at radius 1 is 1.18 bits per heavy atom. The van der Waals surface area contributed by atoms with Crippen LogP contribution in [0.2, 0.25) is 0 Å². The summed E-state index contributed by atoms with van der Waals surface area (Å²) in [5.74, 6) is 11.0. The molecule has 1 aromatic rings. The molecule has 1 heterocycles. The highest BCUT2D eigenvalue weighted by molar-refractivity contribution is 5.39. The van der Waals surface area contributed by atoms with Crippen molar-refractivity contribution < 1.29 is 9.47 Å². The number of ether oxygens (including phenoxy) is 2. The first-order valence-electron chi connectivity index (χ1n) is 5.54. The van der Waals surface area contributed by atoms with Crippen LogP contribution in [-0.2, 0) is 9.47 Å². The van der Waals surface area contributed by atoms with Gasteiger partial charge in [0.2, 0.25) is 0 Å². The van der Waals surface area contributed by atoms with Crippen LogP contribution in [0.4, 0.5) is 0 Å². The molecule has 17 heavy (non-hydrogen) atoms. The first-order valence-corrected chi connectivity index (χ1v) is 5.54. The molecule has 1 saturated heterocycles. The van der Waals surface area contributed by atoms with Crippen LogP contribution in [0, 0.1) is 23.7 Å². The fourth-order valence-corrected chi connectivity index (χ4v) is 1.50. The molecule has 0 amide bonds. The maximum Gasteiger partial charge on any atom is 0.164 e. The Kier molecular flexibility index (Phi) is 3.49. The lowest BCUT2D eigenvalue weighted by atomic mass is 10.2. The molecule has 1 aliphatic heterocycles. The van der Waals surface area contributed by atoms with E-state index in [1.54, 1.807) is 0 Å². The summed E-state index contributed by atoms with van der Waals surface area (Å²) in [6.45, 7) is 4.27. The van der Waals surface area contributed by atoms with Crippen LogP contribution in [0.3, 0.4) is 0 Å². The smallest absolute Gasteiger partial charge is 0.164 e. The summed E-state index contributed by atoms with van der Waals surface area (Å²) in [5, 5.41) is 0. The zero-order valence-corrected chi connectivity index (χ0v) is 9.99. The van der Waals surface area contributed by atoms with Gasteiger partial charge in [-0.25, -0.2) is 0 Å². The van der Waals surface area contributed by atoms with E-state index in [0.29, 0.717) is 6.61 Å². The van der Waals surface area contributed by atoms with Gasteiger partial charge in [-0.3, -0.25) is 0 Å². The van der Waals surface area contributed by atoms with Crippen molar-refractivity contribution in [2.24, 2.45) is 0 Å². The van der Waals surface area contributed by atoms with Gasteiger partial charge >= 0.3 is 0 Å². The van der Waals surface area contributed by atoms with Gasteiger partial charge in [-0.2, -0.15) is 0 Å². The van der Waals surface area contributed by atoms with Gasteiger partial charge in [-0.1, -0.05) is 30.0 Å². The van der Waals surface area contributed by atoms with E-state index in [1.165, 1.54) is 0 Å². The molecule has 1 atom stereocenters. The lowest BCUT2D eigenvalue weighted by Crippen LogP contribution is -2.20. The molecule has 0 unspecified atom stereocenters. The summed E-state index contributed by atoms with van der Waals surface area (Å²) in [6.07, 6.45) is -0.171. The Hall–Kier alpha value is -1.74. The van der Waals surface area contributed by atoms with E-state index >= 15 is 0 Å². The van der Waals surface area contributed by atoms with Crippen molar-refractivity contribution in [3.05, 3.63) is 35.9 Å². The van der Waals surface area contributed by atoms with Crippen molar-refractivity contribution in [1.29, 1.82) is 0 Å². The van der Waals surface area contributed by atoms with Crippen molar-refractivity contribution in [2.75, 3.05) is 6.61 Å². The molecule has 1 aliphatic rings. The Morgan fingerprint density at radius 3 is 2.59 bits per heavy atom. The lowest BCUT2D eigenvalue weighted by molar-refractivity contribution is -0.132. The fourth-order valence-electron chi connectivity index (χ4n) is 1.50. The Morgan fingerprint density at radius 2 is 1.94 bits per heavy atom. The van der Waals surface area contributed by atoms with E-state index < -0.39 is 5.79 Å². The number of hydrogen-bond donors (Lipinski definition) is 0. The van der Waals surface area contributed by atoms with E-state index in [9.17, 15) is 0 Å². The van der Waals surface area contributed by atoms with Crippen LogP contribution in [0.25, 0.3) is 0 Å². The number of rotatable bonds is 0. The molecule has 0 aliphatic carbocycles. The highest BCUT2D eigenvalue weighted by Gasteiger charge is 2.31. The standard InChI is InChI=1S/C15H14O2/c1-15(2)16-12-14(17-15)11-7-6-10-13-8-4-3-5-9-13/h3-5,8-9,14H,12H2,1-2H3/t14-/m0/s1. The van der Waals surface area contributed by atoms with Crippen LogP contribution in [0.5, 0.6) is 0 Å². The molecular formula is C15H14O2. The van der Waals surface area contributed by atoms with Crippen molar-refractivity contribution in [3.63, 3.8) is 0 Å². The molecule has 2 rings (SSSR count). The normalized spacial score (nSPS) is 20.9. The quantitative estimate of drug-likeness (QED) is 0.631. The molecule has 0 spiro atoms. The Balaban J connectivity index is 1.94. The topological polar surface area (TPSA) is 18.5 Å².